The molecule has 0 radical (unpaired) electrons. The molecule has 14 nitrogen and oxygen atoms in total. The third-order valence-corrected chi connectivity index (χ3v) is 4.01. The lowest BCUT2D eigenvalue weighted by atomic mass is 10.1. The highest BCUT2D eigenvalue weighted by atomic mass is 31.2. The van der Waals surface area contributed by atoms with Gasteiger partial charge in [0.1, 0.15) is 18.3 Å². The van der Waals surface area contributed by atoms with Crippen LogP contribution < -0.4 is 5.73 Å². The standard InChI is InChI=1S/C10H12N5O9P/c11-9-13-6-3(7(18)14-9)12-10(19)15(6)8-4(17)5(2(1-16)23-8)24-25(20,21)22/h2,4-5,8,16-17H,1H2,(H2,11,14,18)(H2,20,21,22)/t2-,4-,5-,8-/m1/s1. The number of aliphatic imine (C=N–C) groups is 3. The van der Waals surface area contributed by atoms with E-state index in [4.69, 9.17) is 20.3 Å². The van der Waals surface area contributed by atoms with Gasteiger partial charge in [-0.25, -0.2) is 14.3 Å². The zero-order valence-corrected chi connectivity index (χ0v) is 13.1. The molecule has 3 rings (SSSR count). The average molecular weight is 377 g/mol. The highest BCUT2D eigenvalue weighted by molar-refractivity contribution is 7.46. The van der Waals surface area contributed by atoms with Crippen LogP contribution in [0.1, 0.15) is 0 Å². The van der Waals surface area contributed by atoms with Crippen LogP contribution in [0.15, 0.2) is 15.0 Å². The number of carbonyl (C=O) groups is 2. The number of amidine groups is 1. The summed E-state index contributed by atoms with van der Waals surface area (Å²) in [5.74, 6) is -1.71. The predicted molar refractivity (Wildman–Crippen MR) is 77.4 cm³/mol. The van der Waals surface area contributed by atoms with Crippen LogP contribution in [0.5, 0.6) is 0 Å². The summed E-state index contributed by atoms with van der Waals surface area (Å²) in [7, 11) is -5.03. The van der Waals surface area contributed by atoms with Crippen LogP contribution in [0.3, 0.4) is 0 Å². The summed E-state index contributed by atoms with van der Waals surface area (Å²) >= 11 is 0. The fourth-order valence-corrected chi connectivity index (χ4v) is 3.12. The smallest absolute Gasteiger partial charge is 0.394 e. The number of phosphoric acid groups is 1. The zero-order chi connectivity index (χ0) is 18.5. The molecule has 0 aromatic rings. The van der Waals surface area contributed by atoms with Crippen LogP contribution in [-0.4, -0.2) is 85.5 Å². The van der Waals surface area contributed by atoms with Gasteiger partial charge in [0, 0.05) is 0 Å². The minimum Gasteiger partial charge on any atom is -0.394 e. The van der Waals surface area contributed by atoms with E-state index in [2.05, 4.69) is 19.5 Å². The Labute approximate surface area is 138 Å². The van der Waals surface area contributed by atoms with E-state index in [1.54, 1.807) is 0 Å². The van der Waals surface area contributed by atoms with Gasteiger partial charge in [0.15, 0.2) is 17.8 Å². The molecule has 15 heteroatoms. The van der Waals surface area contributed by atoms with Crippen LogP contribution in [0, 0.1) is 0 Å². The molecular weight excluding hydrogens is 365 g/mol. The second kappa shape index (κ2) is 6.03. The Bertz CT molecular complexity index is 773. The summed E-state index contributed by atoms with van der Waals surface area (Å²) in [6, 6.07) is -1.04. The predicted octanol–water partition coefficient (Wildman–Crippen LogP) is -3.33. The molecule has 0 aliphatic carbocycles. The van der Waals surface area contributed by atoms with E-state index in [-0.39, 0.29) is 5.84 Å². The van der Waals surface area contributed by atoms with Gasteiger partial charge in [-0.2, -0.15) is 15.0 Å². The van der Waals surface area contributed by atoms with Gasteiger partial charge < -0.3 is 30.5 Å². The van der Waals surface area contributed by atoms with Crippen LogP contribution in [-0.2, 0) is 18.6 Å². The highest BCUT2D eigenvalue weighted by Gasteiger charge is 2.54. The van der Waals surface area contributed by atoms with E-state index in [0.717, 1.165) is 0 Å². The number of hydrogen-bond acceptors (Lipinski definition) is 9. The van der Waals surface area contributed by atoms with Crippen molar-refractivity contribution in [2.75, 3.05) is 6.61 Å². The Hall–Kier alpha value is -2.06. The number of nitrogens with zero attached hydrogens (tertiary/aromatic N) is 4. The molecule has 25 heavy (non-hydrogen) atoms. The number of carbonyl (C=O) groups excluding carboxylic acids is 2. The second-order valence-corrected chi connectivity index (χ2v) is 6.31. The monoisotopic (exact) mass is 377 g/mol. The Morgan fingerprint density at radius 2 is 1.96 bits per heavy atom. The maximum absolute atomic E-state index is 12.1. The van der Waals surface area contributed by atoms with Gasteiger partial charge in [0.05, 0.1) is 6.61 Å². The summed E-state index contributed by atoms with van der Waals surface area (Å²) in [4.78, 5) is 52.8. The molecule has 3 aliphatic heterocycles. The van der Waals surface area contributed by atoms with E-state index >= 15 is 0 Å². The summed E-state index contributed by atoms with van der Waals surface area (Å²) < 4.78 is 20.7. The van der Waals surface area contributed by atoms with Crippen molar-refractivity contribution in [2.45, 2.75) is 24.5 Å². The normalized spacial score (nSPS) is 32.5. The Kier molecular flexibility index (Phi) is 4.28. The number of nitrogens with two attached hydrogens (primary N) is 1. The second-order valence-electron chi connectivity index (χ2n) is 5.12. The fraction of sp³-hybridized carbons (Fsp3) is 0.500. The number of urea groups is 1. The molecule has 3 aliphatic rings. The highest BCUT2D eigenvalue weighted by Crippen LogP contribution is 2.42. The first-order chi connectivity index (χ1) is 11.6. The number of amides is 3. The quantitative estimate of drug-likeness (QED) is 0.307. The Morgan fingerprint density at radius 3 is 2.56 bits per heavy atom. The van der Waals surface area contributed by atoms with Crippen LogP contribution in [0.2, 0.25) is 0 Å². The van der Waals surface area contributed by atoms with Gasteiger partial charge >= 0.3 is 19.8 Å². The van der Waals surface area contributed by atoms with Gasteiger partial charge in [0.2, 0.25) is 5.96 Å². The zero-order valence-electron chi connectivity index (χ0n) is 12.2. The summed E-state index contributed by atoms with van der Waals surface area (Å²) in [5.41, 5.74) is 4.94. The fourth-order valence-electron chi connectivity index (χ4n) is 2.54. The van der Waals surface area contributed by atoms with Crippen molar-refractivity contribution in [1.29, 1.82) is 0 Å². The van der Waals surface area contributed by atoms with Crippen molar-refractivity contribution >= 4 is 37.3 Å². The van der Waals surface area contributed by atoms with E-state index in [1.165, 1.54) is 0 Å². The average Bonchev–Trinajstić information content (AvgIpc) is 2.96. The minimum absolute atomic E-state index is 0.333. The summed E-state index contributed by atoms with van der Waals surface area (Å²) in [6.45, 7) is -0.775. The number of rotatable bonds is 4. The molecular formula is C10H12N5O9P. The number of aliphatic hydroxyl groups excluding tert-OH is 2. The third-order valence-electron chi connectivity index (χ3n) is 3.50. The summed E-state index contributed by atoms with van der Waals surface area (Å²) in [5, 5.41) is 19.5. The summed E-state index contributed by atoms with van der Waals surface area (Å²) in [6.07, 6.45) is -6.39. The van der Waals surface area contributed by atoms with Gasteiger partial charge in [-0.05, 0) is 0 Å². The molecule has 0 aromatic carbocycles. The molecule has 4 atom stereocenters. The molecule has 6 N–H and O–H groups in total. The molecule has 3 amide bonds. The third kappa shape index (κ3) is 3.11. The van der Waals surface area contributed by atoms with E-state index in [0.29, 0.717) is 4.90 Å². The van der Waals surface area contributed by atoms with Gasteiger partial charge in [-0.1, -0.05) is 0 Å². The van der Waals surface area contributed by atoms with Crippen molar-refractivity contribution in [3.05, 3.63) is 0 Å². The number of ether oxygens (including phenoxy) is 1. The topological polar surface area (TPSA) is 217 Å². The maximum Gasteiger partial charge on any atom is 0.470 e. The Balaban J connectivity index is 1.92. The molecule has 0 spiro atoms. The van der Waals surface area contributed by atoms with Gasteiger partial charge in [0.25, 0.3) is 0 Å². The van der Waals surface area contributed by atoms with Gasteiger partial charge in [-0.3, -0.25) is 9.32 Å². The first-order valence-corrected chi connectivity index (χ1v) is 8.23. The van der Waals surface area contributed by atoms with E-state index < -0.39 is 62.6 Å². The molecule has 136 valence electrons. The van der Waals surface area contributed by atoms with Crippen molar-refractivity contribution < 1.29 is 43.4 Å². The maximum atomic E-state index is 12.1. The van der Waals surface area contributed by atoms with Crippen LogP contribution in [0.25, 0.3) is 0 Å². The molecule has 0 aromatic heterocycles. The van der Waals surface area contributed by atoms with Crippen LogP contribution >= 0.6 is 7.82 Å². The molecule has 0 unspecified atom stereocenters. The molecule has 0 saturated carbocycles. The van der Waals surface area contributed by atoms with Crippen LogP contribution in [0.4, 0.5) is 4.79 Å². The lowest BCUT2D eigenvalue weighted by molar-refractivity contribution is -0.111. The first kappa shape index (κ1) is 17.8. The van der Waals surface area contributed by atoms with E-state index in [9.17, 15) is 24.4 Å². The number of hydrogen-bond donors (Lipinski definition) is 5. The van der Waals surface area contributed by atoms with Crippen molar-refractivity contribution in [1.82, 2.24) is 4.90 Å². The van der Waals surface area contributed by atoms with Gasteiger partial charge in [-0.15, -0.1) is 0 Å². The first-order valence-electron chi connectivity index (χ1n) is 6.70. The number of guanidine groups is 1. The molecule has 1 saturated heterocycles. The lowest BCUT2D eigenvalue weighted by Crippen LogP contribution is -2.50. The van der Waals surface area contributed by atoms with Crippen molar-refractivity contribution in [2.24, 2.45) is 20.7 Å². The Morgan fingerprint density at radius 1 is 1.28 bits per heavy atom. The minimum atomic E-state index is -5.03. The van der Waals surface area contributed by atoms with E-state index in [1.807, 2.05) is 0 Å². The SMILES string of the molecule is NC1=NC(=O)C2=NC(=O)N([C@@H]3O[C@H](CO)[C@@H](OP(=O)(O)O)[C@H]3O)C2=N1. The number of fused-ring (bicyclic) bond motifs is 1. The number of phosphoric ester groups is 1. The van der Waals surface area contributed by atoms with Crippen molar-refractivity contribution in [3.63, 3.8) is 0 Å². The number of aliphatic hydroxyl groups is 2. The molecule has 1 fully saturated rings. The lowest BCUT2D eigenvalue weighted by Gasteiger charge is -2.26. The largest absolute Gasteiger partial charge is 0.470 e. The van der Waals surface area contributed by atoms with Crippen molar-refractivity contribution in [3.8, 4) is 0 Å². The molecule has 0 bridgehead atoms. The molecule has 3 heterocycles.